The van der Waals surface area contributed by atoms with Gasteiger partial charge in [0.05, 0.1) is 17.5 Å². The third-order valence-electron chi connectivity index (χ3n) is 4.34. The zero-order chi connectivity index (χ0) is 20.1. The zero-order valence-corrected chi connectivity index (χ0v) is 15.8. The van der Waals surface area contributed by atoms with Crippen LogP contribution in [-0.4, -0.2) is 31.1 Å². The molecule has 0 saturated carbocycles. The number of imidazole rings is 1. The van der Waals surface area contributed by atoms with E-state index in [0.29, 0.717) is 12.4 Å². The first-order chi connectivity index (χ1) is 13.5. The SMILES string of the molecule is CCCCn1nc(C(=O)NNC(=O)Cc2nc3ccccc3n2C)ccc1=O. The Morgan fingerprint density at radius 3 is 2.64 bits per heavy atom. The molecule has 0 spiro atoms. The Hall–Kier alpha value is -3.49. The fraction of sp³-hybridized carbons (Fsp3) is 0.316. The van der Waals surface area contributed by atoms with Crippen LogP contribution in [0.2, 0.25) is 0 Å². The summed E-state index contributed by atoms with van der Waals surface area (Å²) in [7, 11) is 1.83. The van der Waals surface area contributed by atoms with Crippen molar-refractivity contribution in [3.63, 3.8) is 0 Å². The van der Waals surface area contributed by atoms with Crippen LogP contribution in [0.5, 0.6) is 0 Å². The van der Waals surface area contributed by atoms with E-state index in [4.69, 9.17) is 0 Å². The van der Waals surface area contributed by atoms with Crippen LogP contribution in [0.25, 0.3) is 11.0 Å². The lowest BCUT2D eigenvalue weighted by atomic mass is 10.3. The zero-order valence-electron chi connectivity index (χ0n) is 15.8. The minimum absolute atomic E-state index is 0.00882. The molecule has 2 heterocycles. The summed E-state index contributed by atoms with van der Waals surface area (Å²) in [6, 6.07) is 10.2. The summed E-state index contributed by atoms with van der Waals surface area (Å²) in [5.74, 6) is -0.422. The van der Waals surface area contributed by atoms with E-state index in [9.17, 15) is 14.4 Å². The van der Waals surface area contributed by atoms with E-state index in [-0.39, 0.29) is 17.7 Å². The van der Waals surface area contributed by atoms with E-state index in [0.717, 1.165) is 23.9 Å². The first-order valence-electron chi connectivity index (χ1n) is 9.07. The maximum atomic E-state index is 12.2. The average Bonchev–Trinajstić information content (AvgIpc) is 3.01. The Morgan fingerprint density at radius 2 is 1.89 bits per heavy atom. The number of unbranched alkanes of at least 4 members (excludes halogenated alkanes) is 1. The highest BCUT2D eigenvalue weighted by Gasteiger charge is 2.14. The third-order valence-corrected chi connectivity index (χ3v) is 4.34. The number of aryl methyl sites for hydroxylation is 2. The number of amides is 2. The van der Waals surface area contributed by atoms with Gasteiger partial charge in [0.15, 0.2) is 5.69 Å². The second-order valence-electron chi connectivity index (χ2n) is 6.39. The van der Waals surface area contributed by atoms with Crippen molar-refractivity contribution in [1.29, 1.82) is 0 Å². The monoisotopic (exact) mass is 382 g/mol. The Labute approximate surface area is 161 Å². The van der Waals surface area contributed by atoms with Gasteiger partial charge in [-0.3, -0.25) is 25.2 Å². The van der Waals surface area contributed by atoms with Gasteiger partial charge in [0.2, 0.25) is 5.91 Å². The molecule has 0 atom stereocenters. The van der Waals surface area contributed by atoms with Gasteiger partial charge >= 0.3 is 0 Å². The van der Waals surface area contributed by atoms with Gasteiger partial charge in [-0.05, 0) is 24.6 Å². The van der Waals surface area contributed by atoms with Crippen LogP contribution in [0.1, 0.15) is 36.1 Å². The number of benzene rings is 1. The Balaban J connectivity index is 1.61. The molecule has 0 bridgehead atoms. The van der Waals surface area contributed by atoms with Crippen LogP contribution < -0.4 is 16.4 Å². The van der Waals surface area contributed by atoms with Gasteiger partial charge in [-0.2, -0.15) is 5.10 Å². The predicted molar refractivity (Wildman–Crippen MR) is 103 cm³/mol. The molecule has 3 aromatic rings. The number of hydrogen-bond acceptors (Lipinski definition) is 5. The molecule has 2 N–H and O–H groups in total. The van der Waals surface area contributed by atoms with E-state index < -0.39 is 11.8 Å². The second-order valence-corrected chi connectivity index (χ2v) is 6.39. The number of carbonyl (C=O) groups is 2. The summed E-state index contributed by atoms with van der Waals surface area (Å²) in [6.07, 6.45) is 1.70. The molecule has 0 aliphatic carbocycles. The molecule has 2 amide bonds. The summed E-state index contributed by atoms with van der Waals surface area (Å²) >= 11 is 0. The van der Waals surface area contributed by atoms with Gasteiger partial charge in [-0.1, -0.05) is 25.5 Å². The standard InChI is InChI=1S/C19H22N6O3/c1-3-4-11-25-18(27)10-9-14(23-25)19(28)22-21-17(26)12-16-20-13-7-5-6-8-15(13)24(16)2/h5-10H,3-4,11-12H2,1-2H3,(H,21,26)(H,22,28). The smallest absolute Gasteiger partial charge is 0.290 e. The molecule has 0 aliphatic rings. The van der Waals surface area contributed by atoms with E-state index in [1.165, 1.54) is 16.8 Å². The normalized spacial score (nSPS) is 10.8. The van der Waals surface area contributed by atoms with Crippen LogP contribution in [0.15, 0.2) is 41.2 Å². The summed E-state index contributed by atoms with van der Waals surface area (Å²) in [5, 5.41) is 4.04. The van der Waals surface area contributed by atoms with Crippen molar-refractivity contribution in [3.05, 3.63) is 58.3 Å². The number of rotatable bonds is 6. The van der Waals surface area contributed by atoms with Gasteiger partial charge < -0.3 is 4.57 Å². The van der Waals surface area contributed by atoms with E-state index in [1.807, 2.05) is 42.8 Å². The molecule has 9 nitrogen and oxygen atoms in total. The van der Waals surface area contributed by atoms with Gasteiger partial charge in [-0.15, -0.1) is 0 Å². The molecule has 28 heavy (non-hydrogen) atoms. The fourth-order valence-electron chi connectivity index (χ4n) is 2.77. The molecule has 9 heteroatoms. The first-order valence-corrected chi connectivity index (χ1v) is 9.07. The molecular formula is C19H22N6O3. The highest BCUT2D eigenvalue weighted by molar-refractivity contribution is 5.93. The molecule has 2 aromatic heterocycles. The summed E-state index contributed by atoms with van der Waals surface area (Å²) < 4.78 is 3.08. The van der Waals surface area contributed by atoms with Crippen molar-refractivity contribution >= 4 is 22.8 Å². The van der Waals surface area contributed by atoms with Gasteiger partial charge in [0, 0.05) is 19.7 Å². The molecule has 0 unspecified atom stereocenters. The number of nitrogens with one attached hydrogen (secondary N) is 2. The molecule has 3 rings (SSSR count). The van der Waals surface area contributed by atoms with Crippen molar-refractivity contribution < 1.29 is 9.59 Å². The molecule has 1 aromatic carbocycles. The van der Waals surface area contributed by atoms with Crippen molar-refractivity contribution in [2.75, 3.05) is 0 Å². The Morgan fingerprint density at radius 1 is 1.11 bits per heavy atom. The molecule has 146 valence electrons. The van der Waals surface area contributed by atoms with Crippen LogP contribution in [0.4, 0.5) is 0 Å². The highest BCUT2D eigenvalue weighted by atomic mass is 16.2. The quantitative estimate of drug-likeness (QED) is 0.616. The van der Waals surface area contributed by atoms with Crippen LogP contribution in [-0.2, 0) is 24.8 Å². The molecule has 0 saturated heterocycles. The average molecular weight is 382 g/mol. The maximum absolute atomic E-state index is 12.2. The number of aromatic nitrogens is 4. The second kappa shape index (κ2) is 8.47. The number of fused-ring (bicyclic) bond motifs is 1. The number of para-hydroxylation sites is 2. The third kappa shape index (κ3) is 4.25. The van der Waals surface area contributed by atoms with E-state index in [2.05, 4.69) is 20.9 Å². The lowest BCUT2D eigenvalue weighted by Gasteiger charge is -2.09. The maximum Gasteiger partial charge on any atom is 0.290 e. The summed E-state index contributed by atoms with van der Waals surface area (Å²) in [4.78, 5) is 40.6. The fourth-order valence-corrected chi connectivity index (χ4v) is 2.77. The minimum atomic E-state index is -0.594. The van der Waals surface area contributed by atoms with Crippen molar-refractivity contribution in [2.24, 2.45) is 7.05 Å². The van der Waals surface area contributed by atoms with Crippen molar-refractivity contribution in [2.45, 2.75) is 32.7 Å². The topological polar surface area (TPSA) is 111 Å². The minimum Gasteiger partial charge on any atom is -0.331 e. The predicted octanol–water partition coefficient (Wildman–Crippen LogP) is 0.934. The molecular weight excluding hydrogens is 360 g/mol. The van der Waals surface area contributed by atoms with Gasteiger partial charge in [0.25, 0.3) is 11.5 Å². The number of hydrogen-bond donors (Lipinski definition) is 2. The number of hydrazine groups is 1. The molecule has 0 aliphatic heterocycles. The van der Waals surface area contributed by atoms with Crippen LogP contribution in [0, 0.1) is 0 Å². The van der Waals surface area contributed by atoms with Crippen LogP contribution >= 0.6 is 0 Å². The van der Waals surface area contributed by atoms with Crippen molar-refractivity contribution in [1.82, 2.24) is 30.2 Å². The lowest BCUT2D eigenvalue weighted by Crippen LogP contribution is -2.43. The summed E-state index contributed by atoms with van der Waals surface area (Å²) in [6.45, 7) is 2.44. The largest absolute Gasteiger partial charge is 0.331 e. The van der Waals surface area contributed by atoms with Crippen LogP contribution in [0.3, 0.4) is 0 Å². The Bertz CT molecular complexity index is 1070. The highest BCUT2D eigenvalue weighted by Crippen LogP contribution is 2.14. The Kier molecular flexibility index (Phi) is 5.83. The van der Waals surface area contributed by atoms with Gasteiger partial charge in [-0.25, -0.2) is 9.67 Å². The van der Waals surface area contributed by atoms with Crippen molar-refractivity contribution in [3.8, 4) is 0 Å². The lowest BCUT2D eigenvalue weighted by molar-refractivity contribution is -0.121. The molecule has 0 fully saturated rings. The molecule has 0 radical (unpaired) electrons. The van der Waals surface area contributed by atoms with Gasteiger partial charge in [0.1, 0.15) is 5.82 Å². The van der Waals surface area contributed by atoms with E-state index in [1.54, 1.807) is 0 Å². The first kappa shape index (κ1) is 19.3. The summed E-state index contributed by atoms with van der Waals surface area (Å²) in [5.41, 5.74) is 6.19. The van der Waals surface area contributed by atoms with E-state index >= 15 is 0 Å². The number of carbonyl (C=O) groups excluding carboxylic acids is 2. The number of nitrogens with zero attached hydrogens (tertiary/aromatic N) is 4.